The van der Waals surface area contributed by atoms with Crippen LogP contribution in [0.15, 0.2) is 54.6 Å². The summed E-state index contributed by atoms with van der Waals surface area (Å²) in [6.45, 7) is 2.52. The molecule has 0 saturated heterocycles. The van der Waals surface area contributed by atoms with Gasteiger partial charge in [0.1, 0.15) is 5.78 Å². The number of aliphatic hydroxyl groups excluding tert-OH is 2. The maximum Gasteiger partial charge on any atom is 0.338 e. The smallest absolute Gasteiger partial charge is 0.338 e. The molecule has 2 rings (SSSR count). The van der Waals surface area contributed by atoms with Gasteiger partial charge in [0.2, 0.25) is 0 Å². The fraction of sp³-hybridized carbons (Fsp3) is 0.556. The number of allylic oxidation sites excluding steroid dienone is 2. The third-order valence-electron chi connectivity index (χ3n) is 5.96. The third kappa shape index (κ3) is 9.09. The molecule has 0 unspecified atom stereocenters. The molecule has 176 valence electrons. The summed E-state index contributed by atoms with van der Waals surface area (Å²) in [6.07, 6.45) is 13.7. The van der Waals surface area contributed by atoms with Crippen LogP contribution in [-0.4, -0.2) is 40.8 Å². The number of unbranched alkanes of at least 4 members (excludes halogenated alkanes) is 4. The number of Topliss-reactive ketones (excluding diaryl/α,β-unsaturated/α-hetero) is 1. The molecule has 1 aliphatic carbocycles. The van der Waals surface area contributed by atoms with Crippen LogP contribution in [0.3, 0.4) is 0 Å². The van der Waals surface area contributed by atoms with Crippen molar-refractivity contribution in [1.29, 1.82) is 0 Å². The van der Waals surface area contributed by atoms with Crippen molar-refractivity contribution in [2.45, 2.75) is 76.9 Å². The molecule has 0 heterocycles. The van der Waals surface area contributed by atoms with Crippen molar-refractivity contribution in [2.75, 3.05) is 6.61 Å². The molecule has 4 atom stereocenters. The number of hydrogen-bond donors (Lipinski definition) is 2. The van der Waals surface area contributed by atoms with Crippen molar-refractivity contribution in [1.82, 2.24) is 0 Å². The van der Waals surface area contributed by atoms with Crippen LogP contribution in [0.2, 0.25) is 0 Å². The second kappa shape index (κ2) is 14.8. The Labute approximate surface area is 192 Å². The minimum absolute atomic E-state index is 0.0881. The van der Waals surface area contributed by atoms with Gasteiger partial charge in [0.25, 0.3) is 0 Å². The van der Waals surface area contributed by atoms with E-state index in [9.17, 15) is 19.8 Å². The van der Waals surface area contributed by atoms with Crippen molar-refractivity contribution < 1.29 is 24.5 Å². The molecule has 1 saturated carbocycles. The highest BCUT2D eigenvalue weighted by Crippen LogP contribution is 2.33. The van der Waals surface area contributed by atoms with E-state index in [1.54, 1.807) is 18.2 Å². The number of carbonyl (C=O) groups excluding carboxylic acids is 2. The number of ether oxygens (including phenoxy) is 1. The summed E-state index contributed by atoms with van der Waals surface area (Å²) in [4.78, 5) is 24.2. The Hall–Kier alpha value is -2.24. The lowest BCUT2D eigenvalue weighted by molar-refractivity contribution is -0.121. The Morgan fingerprint density at radius 2 is 1.94 bits per heavy atom. The number of ketones is 1. The highest BCUT2D eigenvalue weighted by molar-refractivity contribution is 5.89. The van der Waals surface area contributed by atoms with E-state index < -0.39 is 12.2 Å². The van der Waals surface area contributed by atoms with Gasteiger partial charge in [0.05, 0.1) is 24.4 Å². The Morgan fingerprint density at radius 3 is 2.69 bits per heavy atom. The van der Waals surface area contributed by atoms with Crippen molar-refractivity contribution in [2.24, 2.45) is 11.8 Å². The first-order valence-corrected chi connectivity index (χ1v) is 12.0. The fourth-order valence-electron chi connectivity index (χ4n) is 4.03. The summed E-state index contributed by atoms with van der Waals surface area (Å²) < 4.78 is 5.27. The van der Waals surface area contributed by atoms with Crippen LogP contribution >= 0.6 is 0 Å². The van der Waals surface area contributed by atoms with Gasteiger partial charge in [0, 0.05) is 18.3 Å². The molecule has 0 aromatic heterocycles. The second-order valence-corrected chi connectivity index (χ2v) is 8.57. The van der Waals surface area contributed by atoms with E-state index >= 15 is 0 Å². The zero-order valence-corrected chi connectivity index (χ0v) is 19.2. The molecule has 1 aliphatic rings. The lowest BCUT2D eigenvalue weighted by atomic mass is 9.90. The SMILES string of the molecule is CCCCC[C@H](O)C=C[C@H]1[C@H](O)CC(=O)[C@@H]1CC=CCCCCOC(=O)c1ccccc1. The van der Waals surface area contributed by atoms with Crippen LogP contribution in [0.1, 0.15) is 75.1 Å². The number of rotatable bonds is 14. The first kappa shape index (κ1) is 26.0. The Bertz CT molecular complexity index is 740. The molecular formula is C27H38O5. The van der Waals surface area contributed by atoms with E-state index in [2.05, 4.69) is 13.0 Å². The van der Waals surface area contributed by atoms with Crippen LogP contribution in [0, 0.1) is 11.8 Å². The van der Waals surface area contributed by atoms with Crippen molar-refractivity contribution in [3.05, 3.63) is 60.2 Å². The number of carbonyl (C=O) groups is 2. The molecule has 5 nitrogen and oxygen atoms in total. The average molecular weight is 443 g/mol. The maximum atomic E-state index is 12.3. The van der Waals surface area contributed by atoms with Crippen LogP contribution in [-0.2, 0) is 9.53 Å². The van der Waals surface area contributed by atoms with Gasteiger partial charge < -0.3 is 14.9 Å². The van der Waals surface area contributed by atoms with Crippen molar-refractivity contribution >= 4 is 11.8 Å². The van der Waals surface area contributed by atoms with Crippen molar-refractivity contribution in [3.8, 4) is 0 Å². The van der Waals surface area contributed by atoms with Crippen molar-refractivity contribution in [3.63, 3.8) is 0 Å². The predicted molar refractivity (Wildman–Crippen MR) is 126 cm³/mol. The van der Waals surface area contributed by atoms with Gasteiger partial charge in [-0.05, 0) is 44.2 Å². The normalized spacial score (nSPS) is 22.1. The minimum Gasteiger partial charge on any atom is -0.462 e. The van der Waals surface area contributed by atoms with Crippen LogP contribution in [0.25, 0.3) is 0 Å². The highest BCUT2D eigenvalue weighted by Gasteiger charge is 2.39. The largest absolute Gasteiger partial charge is 0.462 e. The van der Waals surface area contributed by atoms with E-state index in [4.69, 9.17) is 4.74 Å². The number of benzene rings is 1. The van der Waals surface area contributed by atoms with E-state index in [-0.39, 0.29) is 30.0 Å². The van der Waals surface area contributed by atoms with E-state index in [0.29, 0.717) is 25.0 Å². The molecule has 1 aromatic carbocycles. The monoisotopic (exact) mass is 442 g/mol. The van der Waals surface area contributed by atoms with Gasteiger partial charge in [-0.3, -0.25) is 4.79 Å². The molecule has 0 radical (unpaired) electrons. The zero-order valence-electron chi connectivity index (χ0n) is 19.2. The minimum atomic E-state index is -0.667. The highest BCUT2D eigenvalue weighted by atomic mass is 16.5. The molecule has 0 aliphatic heterocycles. The fourth-order valence-corrected chi connectivity index (χ4v) is 4.03. The molecule has 1 aromatic rings. The van der Waals surface area contributed by atoms with Gasteiger partial charge in [-0.1, -0.05) is 68.7 Å². The summed E-state index contributed by atoms with van der Waals surface area (Å²) in [5.74, 6) is -0.670. The molecule has 0 bridgehead atoms. The number of esters is 1. The van der Waals surface area contributed by atoms with Crippen LogP contribution in [0.5, 0.6) is 0 Å². The first-order valence-electron chi connectivity index (χ1n) is 12.0. The maximum absolute atomic E-state index is 12.3. The average Bonchev–Trinajstić information content (AvgIpc) is 3.06. The number of hydrogen-bond acceptors (Lipinski definition) is 5. The van der Waals surface area contributed by atoms with Gasteiger partial charge in [-0.2, -0.15) is 0 Å². The molecular weight excluding hydrogens is 404 g/mol. The van der Waals surface area contributed by atoms with Crippen LogP contribution < -0.4 is 0 Å². The summed E-state index contributed by atoms with van der Waals surface area (Å²) >= 11 is 0. The Morgan fingerprint density at radius 1 is 1.16 bits per heavy atom. The van der Waals surface area contributed by atoms with Gasteiger partial charge >= 0.3 is 5.97 Å². The zero-order chi connectivity index (χ0) is 23.2. The Kier molecular flexibility index (Phi) is 12.0. The summed E-state index contributed by atoms with van der Waals surface area (Å²) in [7, 11) is 0. The topological polar surface area (TPSA) is 83.8 Å². The first-order chi connectivity index (χ1) is 15.5. The van der Waals surface area contributed by atoms with E-state index in [0.717, 1.165) is 38.5 Å². The quantitative estimate of drug-likeness (QED) is 0.240. The molecule has 0 spiro atoms. The lowest BCUT2D eigenvalue weighted by Gasteiger charge is -2.16. The predicted octanol–water partition coefficient (Wildman–Crippen LogP) is 5.02. The summed E-state index contributed by atoms with van der Waals surface area (Å²) in [5.41, 5.74) is 0.563. The molecule has 32 heavy (non-hydrogen) atoms. The summed E-state index contributed by atoms with van der Waals surface area (Å²) in [5, 5.41) is 20.4. The molecule has 2 N–H and O–H groups in total. The van der Waals surface area contributed by atoms with Gasteiger partial charge in [0.15, 0.2) is 0 Å². The molecule has 0 amide bonds. The number of aliphatic hydroxyl groups is 2. The molecule has 1 fully saturated rings. The Balaban J connectivity index is 1.67. The van der Waals surface area contributed by atoms with E-state index in [1.807, 2.05) is 30.4 Å². The molecule has 5 heteroatoms. The summed E-state index contributed by atoms with van der Waals surface area (Å²) in [6, 6.07) is 8.96. The second-order valence-electron chi connectivity index (χ2n) is 8.57. The van der Waals surface area contributed by atoms with Crippen LogP contribution in [0.4, 0.5) is 0 Å². The lowest BCUT2D eigenvalue weighted by Crippen LogP contribution is -2.18. The van der Waals surface area contributed by atoms with Gasteiger partial charge in [-0.25, -0.2) is 4.79 Å². The van der Waals surface area contributed by atoms with E-state index in [1.165, 1.54) is 0 Å². The standard InChI is InChI=1S/C27H38O5/c1-2-3-8-15-22(28)17-18-24-23(25(29)20-26(24)30)16-11-5-4-6-12-19-32-27(31)21-13-9-7-10-14-21/h5,7,9-11,13-14,17-18,22-24,26,28,30H,2-4,6,8,12,15-16,19-20H2,1H3/t22-,23+,24+,26+/m0/s1. The third-order valence-corrected chi connectivity index (χ3v) is 5.96. The van der Waals surface area contributed by atoms with Gasteiger partial charge in [-0.15, -0.1) is 0 Å².